The molecule has 0 fully saturated rings. The summed E-state index contributed by atoms with van der Waals surface area (Å²) in [5.41, 5.74) is 8.13. The van der Waals surface area contributed by atoms with Gasteiger partial charge in [0.1, 0.15) is 19.0 Å². The van der Waals surface area contributed by atoms with Gasteiger partial charge in [0.25, 0.3) is 5.95 Å². The summed E-state index contributed by atoms with van der Waals surface area (Å²) in [5, 5.41) is 8.74. The second kappa shape index (κ2) is 14.2. The molecule has 2 atom stereocenters. The van der Waals surface area contributed by atoms with Gasteiger partial charge in [-0.3, -0.25) is 19.2 Å². The second-order valence-corrected chi connectivity index (χ2v) is 7.63. The molecule has 0 aromatic heterocycles. The molecule has 0 spiro atoms. The van der Waals surface area contributed by atoms with Gasteiger partial charge in [0.05, 0.1) is 43.6 Å². The average molecular weight is 494 g/mol. The van der Waals surface area contributed by atoms with Crippen LogP contribution in [0.4, 0.5) is 5.69 Å². The number of benzene rings is 1. The van der Waals surface area contributed by atoms with E-state index in [-0.39, 0.29) is 67.8 Å². The van der Waals surface area contributed by atoms with Crippen LogP contribution in [-0.4, -0.2) is 68.0 Å². The third-order valence-corrected chi connectivity index (χ3v) is 5.16. The Kier molecular flexibility index (Phi) is 11.3. The summed E-state index contributed by atoms with van der Waals surface area (Å²) < 4.78 is 15.2. The Balaban J connectivity index is 1.79. The first kappa shape index (κ1) is 27.9. The van der Waals surface area contributed by atoms with Crippen molar-refractivity contribution in [1.82, 2.24) is 0 Å². The average Bonchev–Trinajstić information content (AvgIpc) is 3.05. The van der Waals surface area contributed by atoms with Crippen molar-refractivity contribution in [3.8, 4) is 0 Å². The Morgan fingerprint density at radius 3 is 2.37 bits per heavy atom. The number of fused-ring (bicyclic) bond motifs is 1. The number of Topliss-reactive ketones (excluding diaryl/α,β-unsaturated/α-hetero) is 3. The highest BCUT2D eigenvalue weighted by atomic mass is 17.3. The number of hydrogen-bond acceptors (Lipinski definition) is 11. The zero-order valence-corrected chi connectivity index (χ0v) is 19.4. The summed E-state index contributed by atoms with van der Waals surface area (Å²) in [7, 11) is 0. The summed E-state index contributed by atoms with van der Waals surface area (Å²) >= 11 is 0. The van der Waals surface area contributed by atoms with Crippen molar-refractivity contribution in [2.75, 3.05) is 45.1 Å². The number of hydrogen-bond donors (Lipinski definition) is 3. The quantitative estimate of drug-likeness (QED) is 0.0887. The van der Waals surface area contributed by atoms with Crippen molar-refractivity contribution < 1.29 is 48.4 Å². The molecule has 1 aliphatic rings. The molecule has 1 aromatic rings. The Morgan fingerprint density at radius 1 is 1.09 bits per heavy atom. The first-order valence-electron chi connectivity index (χ1n) is 10.9. The fourth-order valence-corrected chi connectivity index (χ4v) is 3.57. The number of rotatable bonds is 18. The zero-order valence-electron chi connectivity index (χ0n) is 19.4. The van der Waals surface area contributed by atoms with Crippen molar-refractivity contribution in [2.45, 2.75) is 19.8 Å². The fourth-order valence-electron chi connectivity index (χ4n) is 3.57. The van der Waals surface area contributed by atoms with Crippen LogP contribution >= 0.6 is 0 Å². The maximum Gasteiger partial charge on any atom is 0.269 e. The van der Waals surface area contributed by atoms with E-state index in [1.54, 1.807) is 6.07 Å². The summed E-state index contributed by atoms with van der Waals surface area (Å²) in [6.07, 6.45) is -0.0946. The molecule has 1 aromatic carbocycles. The number of carbonyl (C=O) groups excluding carboxylic acids is 4. The topological polar surface area (TPSA) is 173 Å². The molecular weight excluding hydrogens is 464 g/mol. The lowest BCUT2D eigenvalue weighted by atomic mass is 9.82. The van der Waals surface area contributed by atoms with E-state index < -0.39 is 29.3 Å². The summed E-state index contributed by atoms with van der Waals surface area (Å²) in [4.78, 5) is 59.2. The van der Waals surface area contributed by atoms with Gasteiger partial charge in [-0.2, -0.15) is 0 Å². The highest BCUT2D eigenvalue weighted by Crippen LogP contribution is 2.37. The van der Waals surface area contributed by atoms with Gasteiger partial charge in [0.15, 0.2) is 11.6 Å². The Labute approximate surface area is 202 Å². The standard InChI is InChI=1S/C23H30N2O10/c1-14(26)16(6-7-19(24)28)21-22(29)17-4-3-5-18(20(17)23(21)30)25-35-34-13-11-32-9-8-31-10-12-33-15(2)27/h3-5,16,21,25,27H,2,6-13H2,1H3,(H2,24,28). The Morgan fingerprint density at radius 2 is 1.74 bits per heavy atom. The van der Waals surface area contributed by atoms with Crippen molar-refractivity contribution in [2.24, 2.45) is 17.6 Å². The van der Waals surface area contributed by atoms with Crippen LogP contribution in [0, 0.1) is 11.8 Å². The van der Waals surface area contributed by atoms with Gasteiger partial charge in [-0.25, -0.2) is 10.4 Å². The lowest BCUT2D eigenvalue weighted by Gasteiger charge is -2.18. The van der Waals surface area contributed by atoms with E-state index in [2.05, 4.69) is 12.1 Å². The van der Waals surface area contributed by atoms with E-state index in [1.165, 1.54) is 19.1 Å². The molecule has 0 aliphatic heterocycles. The smallest absolute Gasteiger partial charge is 0.269 e. The second-order valence-electron chi connectivity index (χ2n) is 7.63. The predicted molar refractivity (Wildman–Crippen MR) is 121 cm³/mol. The lowest BCUT2D eigenvalue weighted by Crippen LogP contribution is -2.31. The van der Waals surface area contributed by atoms with E-state index in [9.17, 15) is 19.2 Å². The van der Waals surface area contributed by atoms with E-state index in [0.29, 0.717) is 13.2 Å². The third kappa shape index (κ3) is 8.44. The summed E-state index contributed by atoms with van der Waals surface area (Å²) in [6, 6.07) is 4.59. The molecule has 35 heavy (non-hydrogen) atoms. The summed E-state index contributed by atoms with van der Waals surface area (Å²) in [6.45, 7) is 5.78. The van der Waals surface area contributed by atoms with E-state index in [1.807, 2.05) is 0 Å². The van der Waals surface area contributed by atoms with Crippen LogP contribution in [0.5, 0.6) is 0 Å². The molecule has 1 amide bonds. The monoisotopic (exact) mass is 494 g/mol. The van der Waals surface area contributed by atoms with Crippen LogP contribution in [0.1, 0.15) is 40.5 Å². The molecule has 0 saturated heterocycles. The van der Waals surface area contributed by atoms with Crippen LogP contribution in [-0.2, 0) is 33.7 Å². The zero-order chi connectivity index (χ0) is 25.8. The number of primary amides is 1. The van der Waals surface area contributed by atoms with Crippen molar-refractivity contribution in [3.05, 3.63) is 41.9 Å². The third-order valence-electron chi connectivity index (χ3n) is 5.16. The molecule has 0 saturated carbocycles. The molecule has 2 rings (SSSR count). The molecule has 0 heterocycles. The van der Waals surface area contributed by atoms with Gasteiger partial charge >= 0.3 is 0 Å². The minimum atomic E-state index is -1.21. The SMILES string of the molecule is C=C(O)OCCOCCOCCOONc1cccc2c1C(=O)C(C(CCC(N)=O)C(C)=O)C2=O. The van der Waals surface area contributed by atoms with E-state index >= 15 is 0 Å². The first-order valence-corrected chi connectivity index (χ1v) is 10.9. The minimum Gasteiger partial charge on any atom is -0.481 e. The normalized spacial score (nSPS) is 15.5. The van der Waals surface area contributed by atoms with Crippen molar-refractivity contribution >= 4 is 28.9 Å². The van der Waals surface area contributed by atoms with Gasteiger partial charge in [-0.05, 0) is 26.0 Å². The van der Waals surface area contributed by atoms with Gasteiger partial charge in [-0.1, -0.05) is 12.1 Å². The number of ketones is 3. The highest BCUT2D eigenvalue weighted by molar-refractivity contribution is 6.29. The molecule has 2 unspecified atom stereocenters. The van der Waals surface area contributed by atoms with Crippen LogP contribution < -0.4 is 11.2 Å². The Hall–Kier alpha value is -3.32. The van der Waals surface area contributed by atoms with Crippen molar-refractivity contribution in [3.63, 3.8) is 0 Å². The van der Waals surface area contributed by atoms with Crippen LogP contribution in [0.25, 0.3) is 0 Å². The van der Waals surface area contributed by atoms with Gasteiger partial charge in [-0.15, -0.1) is 4.99 Å². The molecule has 12 nitrogen and oxygen atoms in total. The number of carbonyl (C=O) groups is 4. The highest BCUT2D eigenvalue weighted by Gasteiger charge is 2.46. The van der Waals surface area contributed by atoms with Crippen LogP contribution in [0.2, 0.25) is 0 Å². The predicted octanol–water partition coefficient (Wildman–Crippen LogP) is 1.51. The van der Waals surface area contributed by atoms with E-state index in [4.69, 9.17) is 34.9 Å². The maximum atomic E-state index is 13.1. The molecular formula is C23H30N2O10. The van der Waals surface area contributed by atoms with Gasteiger partial charge < -0.3 is 25.1 Å². The number of amides is 1. The van der Waals surface area contributed by atoms with Gasteiger partial charge in [0, 0.05) is 17.9 Å². The summed E-state index contributed by atoms with van der Waals surface area (Å²) in [5.74, 6) is -4.52. The number of anilines is 1. The molecule has 12 heteroatoms. The van der Waals surface area contributed by atoms with Crippen molar-refractivity contribution in [1.29, 1.82) is 0 Å². The number of nitrogens with one attached hydrogen (secondary N) is 1. The largest absolute Gasteiger partial charge is 0.481 e. The molecule has 4 N–H and O–H groups in total. The maximum absolute atomic E-state index is 13.1. The number of aliphatic hydroxyl groups excluding tert-OH is 1. The molecule has 192 valence electrons. The molecule has 1 aliphatic carbocycles. The minimum absolute atomic E-state index is 0.0143. The Bertz CT molecular complexity index is 933. The molecule has 0 radical (unpaired) electrons. The lowest BCUT2D eigenvalue weighted by molar-refractivity contribution is -0.278. The first-order chi connectivity index (χ1) is 16.7. The van der Waals surface area contributed by atoms with E-state index in [0.717, 1.165) is 0 Å². The van der Waals surface area contributed by atoms with Gasteiger partial charge in [0.2, 0.25) is 5.91 Å². The number of ether oxygens (including phenoxy) is 3. The number of nitrogens with two attached hydrogens (primary N) is 1. The van der Waals surface area contributed by atoms with Crippen LogP contribution in [0.15, 0.2) is 30.7 Å². The molecule has 0 bridgehead atoms. The van der Waals surface area contributed by atoms with Crippen LogP contribution in [0.3, 0.4) is 0 Å². The number of aliphatic hydroxyl groups is 1. The fraction of sp³-hybridized carbons (Fsp3) is 0.478.